The molecule has 0 saturated carbocycles. The lowest BCUT2D eigenvalue weighted by atomic mass is 10.1. The van der Waals surface area contributed by atoms with E-state index in [0.717, 1.165) is 6.07 Å². The summed E-state index contributed by atoms with van der Waals surface area (Å²) < 4.78 is 65.4. The molecule has 0 aliphatic carbocycles. The van der Waals surface area contributed by atoms with Crippen LogP contribution in [-0.4, -0.2) is 31.3 Å². The van der Waals surface area contributed by atoms with Crippen LogP contribution in [0, 0.1) is 5.82 Å². The van der Waals surface area contributed by atoms with E-state index in [9.17, 15) is 27.5 Å². The smallest absolute Gasteiger partial charge is 0.419 e. The number of ether oxygens (including phenoxy) is 2. The minimum Gasteiger partial charge on any atom is -0.859 e. The molecule has 0 radical (unpaired) electrons. The summed E-state index contributed by atoms with van der Waals surface area (Å²) in [5.74, 6) is -2.28. The fraction of sp³-hybridized carbons (Fsp3) is 0.250. The van der Waals surface area contributed by atoms with Gasteiger partial charge in [0.25, 0.3) is 0 Å². The quantitative estimate of drug-likeness (QED) is 0.175. The zero-order valence-corrected chi connectivity index (χ0v) is 21.9. The van der Waals surface area contributed by atoms with Gasteiger partial charge in [-0.15, -0.1) is 0 Å². The molecule has 3 aromatic rings. The Morgan fingerprint density at radius 3 is 2.48 bits per heavy atom. The SMILES string of the molecule is COc1cc(NC(=C([O-])N2CCc3cc(F)c(C(F)(F)F)cc32)c2ccc(Cl)cc2)cc(OCCCC(=O)O)c1. The van der Waals surface area contributed by atoms with Crippen LogP contribution in [0.2, 0.25) is 5.02 Å². The maximum atomic E-state index is 14.2. The van der Waals surface area contributed by atoms with Gasteiger partial charge < -0.3 is 29.9 Å². The van der Waals surface area contributed by atoms with Crippen molar-refractivity contribution in [2.24, 2.45) is 0 Å². The van der Waals surface area contributed by atoms with Crippen LogP contribution >= 0.6 is 11.6 Å². The highest BCUT2D eigenvalue weighted by Gasteiger charge is 2.36. The summed E-state index contributed by atoms with van der Waals surface area (Å²) in [7, 11) is 1.43. The van der Waals surface area contributed by atoms with E-state index in [-0.39, 0.29) is 49.4 Å². The number of benzene rings is 3. The number of nitrogens with zero attached hydrogens (tertiary/aromatic N) is 1. The Labute approximate surface area is 232 Å². The summed E-state index contributed by atoms with van der Waals surface area (Å²) in [5, 5.41) is 26.1. The van der Waals surface area contributed by atoms with E-state index < -0.39 is 29.4 Å². The van der Waals surface area contributed by atoms with Crippen LogP contribution in [0.3, 0.4) is 0 Å². The van der Waals surface area contributed by atoms with Crippen molar-refractivity contribution in [2.45, 2.75) is 25.4 Å². The number of carbonyl (C=O) groups is 1. The van der Waals surface area contributed by atoms with Gasteiger partial charge in [0.1, 0.15) is 17.3 Å². The summed E-state index contributed by atoms with van der Waals surface area (Å²) in [6.07, 6.45) is -4.56. The van der Waals surface area contributed by atoms with Crippen molar-refractivity contribution in [3.8, 4) is 11.5 Å². The van der Waals surface area contributed by atoms with Gasteiger partial charge in [-0.05, 0) is 54.1 Å². The van der Waals surface area contributed by atoms with Gasteiger partial charge in [0.2, 0.25) is 0 Å². The predicted molar refractivity (Wildman–Crippen MR) is 140 cm³/mol. The standard InChI is InChI=1S/C28H25ClF4N2O5/c1-39-20-12-19(13-21(14-20)40-10-2-3-25(36)37)34-26(16-4-6-18(29)7-5-16)27(38)35-9-8-17-11-23(30)22(15-24(17)35)28(31,32)33/h4-7,11-15,34,38H,2-3,8-10H2,1H3,(H,36,37)/p-1. The minimum absolute atomic E-state index is 0.0208. The van der Waals surface area contributed by atoms with E-state index in [1.807, 2.05) is 0 Å². The van der Waals surface area contributed by atoms with Gasteiger partial charge in [0.15, 0.2) is 0 Å². The second kappa shape index (κ2) is 12.0. The van der Waals surface area contributed by atoms with E-state index in [0.29, 0.717) is 33.8 Å². The first-order valence-corrected chi connectivity index (χ1v) is 12.5. The van der Waals surface area contributed by atoms with E-state index in [1.165, 1.54) is 12.0 Å². The molecular formula is C28H24ClF4N2O5-. The van der Waals surface area contributed by atoms with Crippen LogP contribution in [0.4, 0.5) is 28.9 Å². The van der Waals surface area contributed by atoms with Crippen LogP contribution in [-0.2, 0) is 17.4 Å². The number of nitrogens with one attached hydrogen (secondary N) is 1. The average molecular weight is 580 g/mol. The molecule has 7 nitrogen and oxygen atoms in total. The van der Waals surface area contributed by atoms with Crippen molar-refractivity contribution in [1.82, 2.24) is 0 Å². The Hall–Kier alpha value is -4.12. The van der Waals surface area contributed by atoms with Crippen molar-refractivity contribution >= 4 is 34.6 Å². The van der Waals surface area contributed by atoms with Crippen LogP contribution in [0.5, 0.6) is 11.5 Å². The molecule has 0 spiro atoms. The third-order valence-electron chi connectivity index (χ3n) is 6.15. The van der Waals surface area contributed by atoms with Gasteiger partial charge in [-0.1, -0.05) is 23.7 Å². The van der Waals surface area contributed by atoms with Crippen molar-refractivity contribution in [1.29, 1.82) is 0 Å². The van der Waals surface area contributed by atoms with Crippen molar-refractivity contribution < 1.29 is 42.0 Å². The first-order valence-electron chi connectivity index (χ1n) is 12.1. The summed E-state index contributed by atoms with van der Waals surface area (Å²) in [4.78, 5) is 11.9. The largest absolute Gasteiger partial charge is 0.859 e. The summed E-state index contributed by atoms with van der Waals surface area (Å²) in [5.41, 5.74) is -0.419. The number of halogens is 5. The molecule has 1 aliphatic heterocycles. The summed E-state index contributed by atoms with van der Waals surface area (Å²) in [6, 6.07) is 12.5. The normalized spacial score (nSPS) is 13.5. The van der Waals surface area contributed by atoms with Crippen LogP contribution < -0.4 is 24.8 Å². The molecule has 212 valence electrons. The molecule has 0 fully saturated rings. The fourth-order valence-corrected chi connectivity index (χ4v) is 4.36. The van der Waals surface area contributed by atoms with E-state index in [4.69, 9.17) is 26.2 Å². The Bertz CT molecular complexity index is 1430. The molecule has 4 rings (SSSR count). The Balaban J connectivity index is 1.74. The first kappa shape index (κ1) is 28.9. The lowest BCUT2D eigenvalue weighted by Crippen LogP contribution is -2.31. The van der Waals surface area contributed by atoms with Gasteiger partial charge in [-0.2, -0.15) is 13.2 Å². The van der Waals surface area contributed by atoms with E-state index in [1.54, 1.807) is 42.5 Å². The number of alkyl halides is 3. The number of carboxylic acids is 1. The number of hydrogen-bond donors (Lipinski definition) is 2. The number of rotatable bonds is 10. The first-order chi connectivity index (χ1) is 19.0. The highest BCUT2D eigenvalue weighted by atomic mass is 35.5. The van der Waals surface area contributed by atoms with E-state index in [2.05, 4.69) is 5.32 Å². The molecule has 0 amide bonds. The van der Waals surface area contributed by atoms with Gasteiger partial charge in [0, 0.05) is 47.6 Å². The molecule has 1 aliphatic rings. The monoisotopic (exact) mass is 579 g/mol. The van der Waals surface area contributed by atoms with Crippen molar-refractivity contribution in [3.63, 3.8) is 0 Å². The molecule has 0 unspecified atom stereocenters. The lowest BCUT2D eigenvalue weighted by Gasteiger charge is -2.32. The van der Waals surface area contributed by atoms with Gasteiger partial charge >= 0.3 is 12.1 Å². The number of anilines is 2. The summed E-state index contributed by atoms with van der Waals surface area (Å²) >= 11 is 6.03. The zero-order chi connectivity index (χ0) is 29.0. The van der Waals surface area contributed by atoms with Gasteiger partial charge in [0.05, 0.1) is 25.0 Å². The maximum Gasteiger partial charge on any atom is 0.419 e. The molecule has 0 saturated heterocycles. The number of aliphatic carboxylic acids is 1. The van der Waals surface area contributed by atoms with E-state index >= 15 is 0 Å². The lowest BCUT2D eigenvalue weighted by molar-refractivity contribution is -0.303. The third kappa shape index (κ3) is 6.71. The Kier molecular flexibility index (Phi) is 8.63. The molecule has 0 bridgehead atoms. The molecule has 0 atom stereocenters. The molecule has 40 heavy (non-hydrogen) atoms. The van der Waals surface area contributed by atoms with Gasteiger partial charge in [-0.3, -0.25) is 4.79 Å². The second-order valence-electron chi connectivity index (χ2n) is 8.92. The van der Waals surface area contributed by atoms with Crippen molar-refractivity contribution in [2.75, 3.05) is 30.5 Å². The molecule has 12 heteroatoms. The molecule has 1 heterocycles. The van der Waals surface area contributed by atoms with Crippen LogP contribution in [0.15, 0.2) is 60.5 Å². The fourth-order valence-electron chi connectivity index (χ4n) is 4.24. The topological polar surface area (TPSA) is 94.1 Å². The molecule has 3 aromatic carbocycles. The third-order valence-corrected chi connectivity index (χ3v) is 6.40. The maximum absolute atomic E-state index is 14.2. The second-order valence-corrected chi connectivity index (χ2v) is 9.35. The van der Waals surface area contributed by atoms with Crippen LogP contribution in [0.25, 0.3) is 5.70 Å². The Morgan fingerprint density at radius 2 is 1.82 bits per heavy atom. The molecule has 0 aromatic heterocycles. The highest BCUT2D eigenvalue weighted by molar-refractivity contribution is 6.30. The Morgan fingerprint density at radius 1 is 1.12 bits per heavy atom. The highest BCUT2D eigenvalue weighted by Crippen LogP contribution is 2.40. The number of fused-ring (bicyclic) bond motifs is 1. The van der Waals surface area contributed by atoms with Crippen LogP contribution in [0.1, 0.15) is 29.5 Å². The van der Waals surface area contributed by atoms with Gasteiger partial charge in [-0.25, -0.2) is 4.39 Å². The number of methoxy groups -OCH3 is 1. The van der Waals surface area contributed by atoms with Crippen molar-refractivity contribution in [3.05, 3.63) is 88.0 Å². The zero-order valence-electron chi connectivity index (χ0n) is 21.1. The summed E-state index contributed by atoms with van der Waals surface area (Å²) in [6.45, 7) is 0.165. The molecule has 2 N–H and O–H groups in total. The minimum atomic E-state index is -4.93. The molecular weight excluding hydrogens is 556 g/mol. The average Bonchev–Trinajstić information content (AvgIpc) is 3.31. The number of hydrogen-bond acceptors (Lipinski definition) is 6. The number of carboxylic acid groups (broad SMARTS) is 1. The predicted octanol–water partition coefficient (Wildman–Crippen LogP) is 5.91.